The van der Waals surface area contributed by atoms with Crippen LogP contribution in [0.5, 0.6) is 0 Å². The second-order valence-corrected chi connectivity index (χ2v) is 4.41. The van der Waals surface area contributed by atoms with Crippen LogP contribution in [0.2, 0.25) is 0 Å². The van der Waals surface area contributed by atoms with Crippen molar-refractivity contribution in [1.29, 1.82) is 0 Å². The van der Waals surface area contributed by atoms with Crippen molar-refractivity contribution in [2.24, 2.45) is 0 Å². The third-order valence-corrected chi connectivity index (χ3v) is 3.16. The Morgan fingerprint density at radius 1 is 1.24 bits per heavy atom. The molecule has 0 aliphatic carbocycles. The number of rotatable bonds is 6. The van der Waals surface area contributed by atoms with Crippen molar-refractivity contribution in [2.75, 3.05) is 23.3 Å². The fraction of sp³-hybridized carbons (Fsp3) is 0.267. The Labute approximate surface area is 123 Å². The van der Waals surface area contributed by atoms with E-state index in [2.05, 4.69) is 34.0 Å². The third kappa shape index (κ3) is 3.47. The number of carbonyl (C=O) groups is 1. The second-order valence-electron chi connectivity index (χ2n) is 4.41. The Morgan fingerprint density at radius 3 is 2.62 bits per heavy atom. The summed E-state index contributed by atoms with van der Waals surface area (Å²) >= 11 is 0. The normalized spacial score (nSPS) is 10.2. The molecule has 2 N–H and O–H groups in total. The average Bonchev–Trinajstić information content (AvgIpc) is 2.49. The fourth-order valence-electron chi connectivity index (χ4n) is 2.05. The third-order valence-electron chi connectivity index (χ3n) is 3.16. The van der Waals surface area contributed by atoms with Gasteiger partial charge in [0.15, 0.2) is 0 Å². The zero-order valence-corrected chi connectivity index (χ0v) is 12.1. The van der Waals surface area contributed by atoms with Gasteiger partial charge in [0.2, 0.25) is 0 Å². The average molecular weight is 286 g/mol. The molecule has 0 saturated heterocycles. The summed E-state index contributed by atoms with van der Waals surface area (Å²) in [4.78, 5) is 21.7. The summed E-state index contributed by atoms with van der Waals surface area (Å²) in [5.41, 5.74) is 0.717. The first-order valence-corrected chi connectivity index (χ1v) is 6.82. The van der Waals surface area contributed by atoms with Crippen LogP contribution in [-0.4, -0.2) is 34.1 Å². The lowest BCUT2D eigenvalue weighted by atomic mass is 10.2. The molecule has 0 unspecified atom stereocenters. The molecular weight excluding hydrogens is 268 g/mol. The van der Waals surface area contributed by atoms with Gasteiger partial charge in [-0.25, -0.2) is 14.8 Å². The highest BCUT2D eigenvalue weighted by Gasteiger charge is 2.10. The van der Waals surface area contributed by atoms with Gasteiger partial charge in [-0.15, -0.1) is 0 Å². The lowest BCUT2D eigenvalue weighted by Gasteiger charge is -2.20. The standard InChI is InChI=1S/C15H18N4O2/c1-3-19(4-2)14-9-13(16-10-17-14)18-12-8-6-5-7-11(12)15(20)21/h5-10H,3-4H2,1-2H3,(H,20,21)(H,16,17,18). The lowest BCUT2D eigenvalue weighted by molar-refractivity contribution is 0.0698. The molecule has 0 aliphatic rings. The molecule has 0 amide bonds. The van der Waals surface area contributed by atoms with Crippen molar-refractivity contribution >= 4 is 23.3 Å². The van der Waals surface area contributed by atoms with Crippen LogP contribution < -0.4 is 10.2 Å². The van der Waals surface area contributed by atoms with E-state index in [4.69, 9.17) is 0 Å². The monoisotopic (exact) mass is 286 g/mol. The minimum absolute atomic E-state index is 0.209. The highest BCUT2D eigenvalue weighted by Crippen LogP contribution is 2.21. The smallest absolute Gasteiger partial charge is 0.337 e. The maximum absolute atomic E-state index is 11.2. The topological polar surface area (TPSA) is 78.4 Å². The summed E-state index contributed by atoms with van der Waals surface area (Å²) in [6.45, 7) is 5.80. The van der Waals surface area contributed by atoms with Crippen LogP contribution in [-0.2, 0) is 0 Å². The zero-order valence-electron chi connectivity index (χ0n) is 12.1. The van der Waals surface area contributed by atoms with Gasteiger partial charge in [0.1, 0.15) is 18.0 Å². The molecule has 2 aromatic rings. The van der Waals surface area contributed by atoms with Gasteiger partial charge < -0.3 is 15.3 Å². The van der Waals surface area contributed by atoms with Crippen LogP contribution in [0.4, 0.5) is 17.3 Å². The number of carboxylic acid groups (broad SMARTS) is 1. The first kappa shape index (κ1) is 14.8. The predicted octanol–water partition coefficient (Wildman–Crippen LogP) is 2.76. The number of nitrogens with one attached hydrogen (secondary N) is 1. The maximum atomic E-state index is 11.2. The number of nitrogens with zero attached hydrogens (tertiary/aromatic N) is 3. The van der Waals surface area contributed by atoms with Gasteiger partial charge in [-0.05, 0) is 26.0 Å². The summed E-state index contributed by atoms with van der Waals surface area (Å²) in [7, 11) is 0. The molecule has 0 fully saturated rings. The molecule has 1 aromatic carbocycles. The number of benzene rings is 1. The quantitative estimate of drug-likeness (QED) is 0.850. The number of carboxylic acids is 1. The first-order chi connectivity index (χ1) is 10.2. The van der Waals surface area contributed by atoms with E-state index in [0.29, 0.717) is 11.5 Å². The summed E-state index contributed by atoms with van der Waals surface area (Å²) in [6, 6.07) is 8.54. The number of hydrogen-bond donors (Lipinski definition) is 2. The van der Waals surface area contributed by atoms with Crippen molar-refractivity contribution < 1.29 is 9.90 Å². The van der Waals surface area contributed by atoms with Crippen LogP contribution >= 0.6 is 0 Å². The summed E-state index contributed by atoms with van der Waals surface area (Å²) in [5.74, 6) is 0.405. The molecular formula is C15H18N4O2. The van der Waals surface area contributed by atoms with Crippen LogP contribution in [0.15, 0.2) is 36.7 Å². The Balaban J connectivity index is 2.28. The first-order valence-electron chi connectivity index (χ1n) is 6.82. The van der Waals surface area contributed by atoms with Gasteiger partial charge in [-0.2, -0.15) is 0 Å². The van der Waals surface area contributed by atoms with E-state index in [1.807, 2.05) is 6.07 Å². The van der Waals surface area contributed by atoms with Gasteiger partial charge in [0.25, 0.3) is 0 Å². The van der Waals surface area contributed by atoms with E-state index < -0.39 is 5.97 Å². The maximum Gasteiger partial charge on any atom is 0.337 e. The number of hydrogen-bond acceptors (Lipinski definition) is 5. The van der Waals surface area contributed by atoms with E-state index in [1.165, 1.54) is 6.33 Å². The van der Waals surface area contributed by atoms with E-state index in [-0.39, 0.29) is 5.56 Å². The largest absolute Gasteiger partial charge is 0.478 e. The van der Waals surface area contributed by atoms with Crippen LogP contribution in [0, 0.1) is 0 Å². The highest BCUT2D eigenvalue weighted by atomic mass is 16.4. The van der Waals surface area contributed by atoms with Crippen molar-refractivity contribution in [1.82, 2.24) is 9.97 Å². The van der Waals surface area contributed by atoms with Crippen LogP contribution in [0.3, 0.4) is 0 Å². The second kappa shape index (κ2) is 6.69. The van der Waals surface area contributed by atoms with E-state index in [0.717, 1.165) is 18.9 Å². The number of anilines is 3. The SMILES string of the molecule is CCN(CC)c1cc(Nc2ccccc2C(=O)O)ncn1. The minimum Gasteiger partial charge on any atom is -0.478 e. The molecule has 0 aliphatic heterocycles. The summed E-state index contributed by atoms with van der Waals surface area (Å²) in [6.07, 6.45) is 1.47. The summed E-state index contributed by atoms with van der Waals surface area (Å²) in [5, 5.41) is 12.2. The van der Waals surface area contributed by atoms with Gasteiger partial charge in [-0.1, -0.05) is 12.1 Å². The van der Waals surface area contributed by atoms with Crippen molar-refractivity contribution in [3.8, 4) is 0 Å². The number of para-hydroxylation sites is 1. The molecule has 110 valence electrons. The lowest BCUT2D eigenvalue weighted by Crippen LogP contribution is -2.23. The van der Waals surface area contributed by atoms with Crippen LogP contribution in [0.1, 0.15) is 24.2 Å². The highest BCUT2D eigenvalue weighted by molar-refractivity contribution is 5.95. The molecule has 1 heterocycles. The molecule has 6 nitrogen and oxygen atoms in total. The van der Waals surface area contributed by atoms with Gasteiger partial charge in [-0.3, -0.25) is 0 Å². The zero-order chi connectivity index (χ0) is 15.2. The van der Waals surface area contributed by atoms with Crippen LogP contribution in [0.25, 0.3) is 0 Å². The molecule has 1 aromatic heterocycles. The minimum atomic E-state index is -0.976. The van der Waals surface area contributed by atoms with Crippen molar-refractivity contribution in [2.45, 2.75) is 13.8 Å². The van der Waals surface area contributed by atoms with E-state index >= 15 is 0 Å². The molecule has 0 radical (unpaired) electrons. The number of aromatic nitrogens is 2. The predicted molar refractivity (Wildman–Crippen MR) is 82.3 cm³/mol. The van der Waals surface area contributed by atoms with Crippen molar-refractivity contribution in [3.05, 3.63) is 42.2 Å². The Hall–Kier alpha value is -2.63. The van der Waals surface area contributed by atoms with Gasteiger partial charge in [0, 0.05) is 19.2 Å². The van der Waals surface area contributed by atoms with Gasteiger partial charge in [0.05, 0.1) is 11.3 Å². The summed E-state index contributed by atoms with van der Waals surface area (Å²) < 4.78 is 0. The van der Waals surface area contributed by atoms with E-state index in [1.54, 1.807) is 24.3 Å². The van der Waals surface area contributed by atoms with Crippen molar-refractivity contribution in [3.63, 3.8) is 0 Å². The Bertz CT molecular complexity index is 627. The fourth-order valence-corrected chi connectivity index (χ4v) is 2.05. The molecule has 6 heteroatoms. The Kier molecular flexibility index (Phi) is 4.71. The number of aromatic carboxylic acids is 1. The molecule has 0 spiro atoms. The molecule has 0 atom stereocenters. The molecule has 0 saturated carbocycles. The molecule has 0 bridgehead atoms. The Morgan fingerprint density at radius 2 is 1.95 bits per heavy atom. The molecule has 2 rings (SSSR count). The molecule has 21 heavy (non-hydrogen) atoms. The van der Waals surface area contributed by atoms with Gasteiger partial charge >= 0.3 is 5.97 Å². The van der Waals surface area contributed by atoms with E-state index in [9.17, 15) is 9.90 Å².